The minimum Gasteiger partial charge on any atom is -0.423 e. The highest BCUT2D eigenvalue weighted by Gasteiger charge is 2.26. The van der Waals surface area contributed by atoms with Crippen molar-refractivity contribution in [3.8, 4) is 16.9 Å². The van der Waals surface area contributed by atoms with Crippen molar-refractivity contribution in [3.05, 3.63) is 66.7 Å². The molecule has 0 bridgehead atoms. The van der Waals surface area contributed by atoms with Gasteiger partial charge in [0, 0.05) is 6.08 Å². The van der Waals surface area contributed by atoms with Crippen molar-refractivity contribution in [2.45, 2.75) is 6.11 Å². The van der Waals surface area contributed by atoms with Gasteiger partial charge < -0.3 is 9.84 Å². The van der Waals surface area contributed by atoms with Gasteiger partial charge in [0.05, 0.1) is 5.56 Å². The number of benzene rings is 2. The van der Waals surface area contributed by atoms with E-state index in [1.807, 2.05) is 0 Å². The van der Waals surface area contributed by atoms with Gasteiger partial charge in [-0.2, -0.15) is 8.78 Å². The normalized spacial score (nSPS) is 11.0. The highest BCUT2D eigenvalue weighted by Crippen LogP contribution is 2.28. The summed E-state index contributed by atoms with van der Waals surface area (Å²) in [6.07, 6.45) is -2.79. The maximum atomic E-state index is 12.7. The first kappa shape index (κ1) is 14.9. The Morgan fingerprint density at radius 3 is 1.95 bits per heavy atom. The third-order valence-corrected chi connectivity index (χ3v) is 2.80. The number of carbonyl (C=O) groups excluding carboxylic acids is 1. The van der Waals surface area contributed by atoms with Gasteiger partial charge in [-0.1, -0.05) is 30.8 Å². The van der Waals surface area contributed by atoms with Gasteiger partial charge in [-0.05, 0) is 35.4 Å². The number of esters is 1. The summed E-state index contributed by atoms with van der Waals surface area (Å²) in [6.45, 7) is 3.29. The predicted octanol–water partition coefficient (Wildman–Crippen LogP) is 3.49. The SMILES string of the molecule is C=CC(=O)Oc1ccc(-c2ccc(C(O)(F)F)cc2)cc1. The number of aliphatic hydroxyl groups is 1. The number of alkyl halides is 2. The molecule has 0 fully saturated rings. The van der Waals surface area contributed by atoms with Gasteiger partial charge in [-0.3, -0.25) is 0 Å². The summed E-state index contributed by atoms with van der Waals surface area (Å²) in [6, 6.07) is 11.8. The Bertz CT molecular complexity index is 641. The smallest absolute Gasteiger partial charge is 0.380 e. The number of rotatable bonds is 4. The third kappa shape index (κ3) is 3.73. The highest BCUT2D eigenvalue weighted by atomic mass is 19.3. The topological polar surface area (TPSA) is 46.5 Å². The van der Waals surface area contributed by atoms with Crippen LogP contribution in [0.1, 0.15) is 5.56 Å². The van der Waals surface area contributed by atoms with Crippen LogP contribution in [0.4, 0.5) is 8.78 Å². The van der Waals surface area contributed by atoms with Crippen LogP contribution in [0, 0.1) is 0 Å². The molecule has 0 radical (unpaired) electrons. The summed E-state index contributed by atoms with van der Waals surface area (Å²) in [5, 5.41) is 8.60. The van der Waals surface area contributed by atoms with Crippen molar-refractivity contribution in [3.63, 3.8) is 0 Å². The molecule has 0 aliphatic heterocycles. The first-order chi connectivity index (χ1) is 9.90. The molecule has 0 heterocycles. The Balaban J connectivity index is 2.19. The third-order valence-electron chi connectivity index (χ3n) is 2.80. The number of halogens is 2. The highest BCUT2D eigenvalue weighted by molar-refractivity contribution is 5.83. The predicted molar refractivity (Wildman–Crippen MR) is 73.8 cm³/mol. The Morgan fingerprint density at radius 2 is 1.52 bits per heavy atom. The van der Waals surface area contributed by atoms with Crippen molar-refractivity contribution in [2.24, 2.45) is 0 Å². The molecule has 0 amide bonds. The summed E-state index contributed by atoms with van der Waals surface area (Å²) in [5.74, 6) is -0.195. The van der Waals surface area contributed by atoms with E-state index in [0.29, 0.717) is 11.3 Å². The van der Waals surface area contributed by atoms with Crippen LogP contribution in [0.3, 0.4) is 0 Å². The van der Waals surface area contributed by atoms with Crippen molar-refractivity contribution in [1.82, 2.24) is 0 Å². The van der Waals surface area contributed by atoms with E-state index in [-0.39, 0.29) is 0 Å². The molecule has 0 saturated carbocycles. The van der Waals surface area contributed by atoms with E-state index in [1.165, 1.54) is 12.1 Å². The van der Waals surface area contributed by atoms with E-state index < -0.39 is 17.6 Å². The van der Waals surface area contributed by atoms with E-state index in [0.717, 1.165) is 23.8 Å². The fourth-order valence-electron chi connectivity index (χ4n) is 1.74. The van der Waals surface area contributed by atoms with E-state index >= 15 is 0 Å². The van der Waals surface area contributed by atoms with Crippen LogP contribution in [0.25, 0.3) is 11.1 Å². The van der Waals surface area contributed by atoms with Crippen LogP contribution in [-0.2, 0) is 10.9 Å². The van der Waals surface area contributed by atoms with Crippen molar-refractivity contribution in [2.75, 3.05) is 0 Å². The molecular weight excluding hydrogens is 278 g/mol. The lowest BCUT2D eigenvalue weighted by Gasteiger charge is -2.10. The van der Waals surface area contributed by atoms with E-state index in [1.54, 1.807) is 24.3 Å². The molecule has 0 spiro atoms. The lowest BCUT2D eigenvalue weighted by Crippen LogP contribution is -2.10. The maximum absolute atomic E-state index is 12.7. The second-order valence-corrected chi connectivity index (χ2v) is 4.27. The molecule has 3 nitrogen and oxygen atoms in total. The fourth-order valence-corrected chi connectivity index (χ4v) is 1.74. The Morgan fingerprint density at radius 1 is 1.05 bits per heavy atom. The van der Waals surface area contributed by atoms with Gasteiger partial charge in [-0.15, -0.1) is 0 Å². The average molecular weight is 290 g/mol. The molecule has 108 valence electrons. The fraction of sp³-hybridized carbons (Fsp3) is 0.0625. The molecule has 0 aliphatic carbocycles. The van der Waals surface area contributed by atoms with Gasteiger partial charge in [-0.25, -0.2) is 4.79 Å². The molecule has 2 rings (SSSR count). The molecule has 2 aromatic rings. The molecule has 0 atom stereocenters. The van der Waals surface area contributed by atoms with Gasteiger partial charge in [0.15, 0.2) is 0 Å². The minimum atomic E-state index is -3.85. The standard InChI is InChI=1S/C16H12F2O3/c1-2-15(19)21-14-9-5-12(6-10-14)11-3-7-13(8-4-11)16(17,18)20/h2-10,20H,1H2. The van der Waals surface area contributed by atoms with Gasteiger partial charge >= 0.3 is 12.1 Å². The van der Waals surface area contributed by atoms with Crippen molar-refractivity contribution in [1.29, 1.82) is 0 Å². The molecule has 21 heavy (non-hydrogen) atoms. The zero-order chi connectivity index (χ0) is 15.5. The molecule has 2 aromatic carbocycles. The molecule has 0 saturated heterocycles. The van der Waals surface area contributed by atoms with Crippen LogP contribution in [0.5, 0.6) is 5.75 Å². The number of carbonyl (C=O) groups is 1. The Hall–Kier alpha value is -2.53. The zero-order valence-corrected chi connectivity index (χ0v) is 10.9. The second-order valence-electron chi connectivity index (χ2n) is 4.27. The Labute approximate surface area is 120 Å². The number of hydrogen-bond donors (Lipinski definition) is 1. The van der Waals surface area contributed by atoms with Crippen LogP contribution in [0.15, 0.2) is 61.2 Å². The molecule has 5 heteroatoms. The average Bonchev–Trinajstić information content (AvgIpc) is 2.47. The van der Waals surface area contributed by atoms with Crippen molar-refractivity contribution < 1.29 is 23.4 Å². The van der Waals surface area contributed by atoms with Gasteiger partial charge in [0.1, 0.15) is 5.75 Å². The van der Waals surface area contributed by atoms with Crippen LogP contribution in [-0.4, -0.2) is 11.1 Å². The Kier molecular flexibility index (Phi) is 4.14. The first-order valence-electron chi connectivity index (χ1n) is 6.05. The molecule has 0 aliphatic rings. The van der Waals surface area contributed by atoms with E-state index in [2.05, 4.69) is 6.58 Å². The maximum Gasteiger partial charge on any atom is 0.380 e. The monoisotopic (exact) mass is 290 g/mol. The van der Waals surface area contributed by atoms with Crippen LogP contribution in [0.2, 0.25) is 0 Å². The largest absolute Gasteiger partial charge is 0.423 e. The first-order valence-corrected chi connectivity index (χ1v) is 6.05. The summed E-state index contributed by atoms with van der Waals surface area (Å²) in [7, 11) is 0. The summed E-state index contributed by atoms with van der Waals surface area (Å²) in [5.41, 5.74) is 0.994. The lowest BCUT2D eigenvalue weighted by molar-refractivity contribution is -0.208. The quantitative estimate of drug-likeness (QED) is 0.532. The second kappa shape index (κ2) is 5.85. The molecule has 1 N–H and O–H groups in total. The van der Waals surface area contributed by atoms with E-state index in [4.69, 9.17) is 9.84 Å². The summed E-state index contributed by atoms with van der Waals surface area (Å²) < 4.78 is 30.3. The number of ether oxygens (including phenoxy) is 1. The van der Waals surface area contributed by atoms with Crippen LogP contribution < -0.4 is 4.74 Å². The molecule has 0 aromatic heterocycles. The molecule has 0 unspecified atom stereocenters. The van der Waals surface area contributed by atoms with E-state index in [9.17, 15) is 13.6 Å². The summed E-state index contributed by atoms with van der Waals surface area (Å²) in [4.78, 5) is 11.0. The molecular formula is C16H12F2O3. The van der Waals surface area contributed by atoms with Crippen LogP contribution >= 0.6 is 0 Å². The lowest BCUT2D eigenvalue weighted by atomic mass is 10.0. The zero-order valence-electron chi connectivity index (χ0n) is 10.9. The van der Waals surface area contributed by atoms with Gasteiger partial charge in [0.25, 0.3) is 0 Å². The minimum absolute atomic E-state index is 0.363. The summed E-state index contributed by atoms with van der Waals surface area (Å²) >= 11 is 0. The number of hydrogen-bond acceptors (Lipinski definition) is 3. The van der Waals surface area contributed by atoms with Gasteiger partial charge in [0.2, 0.25) is 0 Å². The van der Waals surface area contributed by atoms with Crippen molar-refractivity contribution >= 4 is 5.97 Å².